The Morgan fingerprint density at radius 2 is 1.95 bits per heavy atom. The van der Waals surface area contributed by atoms with Crippen LogP contribution >= 0.6 is 0 Å². The van der Waals surface area contributed by atoms with Crippen LogP contribution in [0.2, 0.25) is 0 Å². The molecule has 0 spiro atoms. The zero-order valence-electron chi connectivity index (χ0n) is 12.3. The van der Waals surface area contributed by atoms with Crippen LogP contribution in [0.3, 0.4) is 0 Å². The maximum atomic E-state index is 13.2. The van der Waals surface area contributed by atoms with E-state index in [-0.39, 0.29) is 12.5 Å². The molecule has 0 unspecified atom stereocenters. The number of ether oxygens (including phenoxy) is 2. The van der Waals surface area contributed by atoms with Gasteiger partial charge in [0.15, 0.2) is 0 Å². The average molecular weight is 299 g/mol. The van der Waals surface area contributed by atoms with Crippen molar-refractivity contribution in [1.82, 2.24) is 5.32 Å². The van der Waals surface area contributed by atoms with Crippen molar-refractivity contribution in [3.63, 3.8) is 0 Å². The number of carbonyl (C=O) groups is 1. The fourth-order valence-corrected chi connectivity index (χ4v) is 1.95. The van der Waals surface area contributed by atoms with Crippen molar-refractivity contribution < 1.29 is 23.0 Å². The van der Waals surface area contributed by atoms with Crippen LogP contribution in [0.5, 0.6) is 0 Å². The zero-order chi connectivity index (χ0) is 15.6. The Bertz CT molecular complexity index is 504. The van der Waals surface area contributed by atoms with Gasteiger partial charge >= 0.3 is 6.09 Å². The van der Waals surface area contributed by atoms with Crippen molar-refractivity contribution in [2.75, 3.05) is 6.61 Å². The predicted octanol–water partition coefficient (Wildman–Crippen LogP) is 2.80. The lowest BCUT2D eigenvalue weighted by atomic mass is 10.1. The molecule has 0 aliphatic carbocycles. The number of alkyl carbamates (subject to hydrolysis) is 1. The van der Waals surface area contributed by atoms with E-state index in [0.717, 1.165) is 6.07 Å². The van der Waals surface area contributed by atoms with Gasteiger partial charge in [-0.05, 0) is 38.5 Å². The van der Waals surface area contributed by atoms with Crippen molar-refractivity contribution >= 4 is 6.09 Å². The van der Waals surface area contributed by atoms with Gasteiger partial charge < -0.3 is 14.8 Å². The van der Waals surface area contributed by atoms with E-state index in [1.807, 2.05) is 20.8 Å². The molecule has 2 rings (SSSR count). The van der Waals surface area contributed by atoms with Crippen molar-refractivity contribution in [2.45, 2.75) is 44.9 Å². The highest BCUT2D eigenvalue weighted by molar-refractivity contribution is 5.68. The molecule has 2 atom stereocenters. The van der Waals surface area contributed by atoms with Crippen molar-refractivity contribution in [3.05, 3.63) is 35.4 Å². The molecule has 6 heteroatoms. The SMILES string of the molecule is CC(C)(C)NC(=O)O[C@@H](Cc1cc(F)cc(F)c1)[C@@H]1CO1. The molecule has 1 saturated heterocycles. The number of rotatable bonds is 4. The third-order valence-electron chi connectivity index (χ3n) is 2.87. The Labute approximate surface area is 122 Å². The summed E-state index contributed by atoms with van der Waals surface area (Å²) in [6, 6.07) is 3.26. The molecule has 116 valence electrons. The average Bonchev–Trinajstić information content (AvgIpc) is 3.06. The number of nitrogens with one attached hydrogen (secondary N) is 1. The molecule has 1 amide bonds. The van der Waals surface area contributed by atoms with Crippen molar-refractivity contribution in [3.8, 4) is 0 Å². The highest BCUT2D eigenvalue weighted by atomic mass is 19.1. The van der Waals surface area contributed by atoms with Gasteiger partial charge in [0.05, 0.1) is 6.61 Å². The van der Waals surface area contributed by atoms with E-state index in [2.05, 4.69) is 5.32 Å². The molecule has 0 aromatic heterocycles. The minimum Gasteiger partial charge on any atom is -0.443 e. The second-order valence-electron chi connectivity index (χ2n) is 6.17. The smallest absolute Gasteiger partial charge is 0.407 e. The number of hydrogen-bond donors (Lipinski definition) is 1. The molecule has 1 aliphatic heterocycles. The zero-order valence-corrected chi connectivity index (χ0v) is 12.3. The van der Waals surface area contributed by atoms with E-state index >= 15 is 0 Å². The Balaban J connectivity index is 2.01. The third kappa shape index (κ3) is 5.30. The van der Waals surface area contributed by atoms with Gasteiger partial charge in [-0.1, -0.05) is 0 Å². The lowest BCUT2D eigenvalue weighted by molar-refractivity contribution is 0.0739. The van der Waals surface area contributed by atoms with Gasteiger partial charge in [-0.2, -0.15) is 0 Å². The van der Waals surface area contributed by atoms with Crippen molar-refractivity contribution in [1.29, 1.82) is 0 Å². The van der Waals surface area contributed by atoms with Gasteiger partial charge in [0.25, 0.3) is 0 Å². The second kappa shape index (κ2) is 5.97. The highest BCUT2D eigenvalue weighted by Crippen LogP contribution is 2.22. The normalized spacial score (nSPS) is 19.0. The van der Waals surface area contributed by atoms with Gasteiger partial charge in [-0.3, -0.25) is 0 Å². The summed E-state index contributed by atoms with van der Waals surface area (Å²) in [5.41, 5.74) is 0.00773. The predicted molar refractivity (Wildman–Crippen MR) is 73.0 cm³/mol. The van der Waals surface area contributed by atoms with Crippen LogP contribution in [0.1, 0.15) is 26.3 Å². The summed E-state index contributed by atoms with van der Waals surface area (Å²) in [6.07, 6.45) is -1.15. The summed E-state index contributed by atoms with van der Waals surface area (Å²) in [4.78, 5) is 11.8. The standard InChI is InChI=1S/C15H19F2NO3/c1-15(2,3)18-14(19)21-12(13-8-20-13)6-9-4-10(16)7-11(17)5-9/h4-5,7,12-13H,6,8H2,1-3H3,(H,18,19)/t12-,13-/m0/s1. The first-order valence-corrected chi connectivity index (χ1v) is 6.78. The lowest BCUT2D eigenvalue weighted by Gasteiger charge is -2.23. The van der Waals surface area contributed by atoms with Gasteiger partial charge in [0, 0.05) is 18.0 Å². The molecule has 4 nitrogen and oxygen atoms in total. The summed E-state index contributed by atoms with van der Waals surface area (Å²) >= 11 is 0. The number of amides is 1. The van der Waals surface area contributed by atoms with Crippen molar-refractivity contribution in [2.24, 2.45) is 0 Å². The van der Waals surface area contributed by atoms with E-state index in [9.17, 15) is 13.6 Å². The first-order chi connectivity index (χ1) is 9.73. The van der Waals surface area contributed by atoms with Gasteiger partial charge in [0.1, 0.15) is 23.8 Å². The first-order valence-electron chi connectivity index (χ1n) is 6.78. The topological polar surface area (TPSA) is 50.9 Å². The van der Waals surface area contributed by atoms with Gasteiger partial charge in [0.2, 0.25) is 0 Å². The molecule has 0 radical (unpaired) electrons. The molecule has 21 heavy (non-hydrogen) atoms. The summed E-state index contributed by atoms with van der Waals surface area (Å²) < 4.78 is 36.8. The van der Waals surface area contributed by atoms with Gasteiger partial charge in [-0.15, -0.1) is 0 Å². The fraction of sp³-hybridized carbons (Fsp3) is 0.533. The Morgan fingerprint density at radius 1 is 1.38 bits per heavy atom. The van der Waals surface area contributed by atoms with E-state index in [0.29, 0.717) is 12.2 Å². The van der Waals surface area contributed by atoms with Gasteiger partial charge in [-0.25, -0.2) is 13.6 Å². The van der Waals surface area contributed by atoms with Crippen LogP contribution in [0.25, 0.3) is 0 Å². The Morgan fingerprint density at radius 3 is 2.43 bits per heavy atom. The highest BCUT2D eigenvalue weighted by Gasteiger charge is 2.36. The fourth-order valence-electron chi connectivity index (χ4n) is 1.95. The van der Waals surface area contributed by atoms with Crippen LogP contribution < -0.4 is 5.32 Å². The second-order valence-corrected chi connectivity index (χ2v) is 6.17. The summed E-state index contributed by atoms with van der Waals surface area (Å²) in [6.45, 7) is 5.97. The molecule has 0 saturated carbocycles. The minimum atomic E-state index is -0.653. The summed E-state index contributed by atoms with van der Waals surface area (Å²) in [7, 11) is 0. The van der Waals surface area contributed by atoms with E-state index in [1.165, 1.54) is 12.1 Å². The molecule has 1 aromatic carbocycles. The number of epoxide rings is 1. The van der Waals surface area contributed by atoms with E-state index in [4.69, 9.17) is 9.47 Å². The first kappa shape index (κ1) is 15.7. The monoisotopic (exact) mass is 299 g/mol. The van der Waals surface area contributed by atoms with E-state index in [1.54, 1.807) is 0 Å². The van der Waals surface area contributed by atoms with Crippen LogP contribution in [0, 0.1) is 11.6 Å². The molecule has 1 fully saturated rings. The number of benzene rings is 1. The lowest BCUT2D eigenvalue weighted by Crippen LogP contribution is -2.43. The molecule has 1 N–H and O–H groups in total. The molecule has 1 heterocycles. The molecule has 1 aliphatic rings. The number of carbonyl (C=O) groups excluding carboxylic acids is 1. The summed E-state index contributed by atoms with van der Waals surface area (Å²) in [5.74, 6) is -1.31. The largest absolute Gasteiger partial charge is 0.443 e. The quantitative estimate of drug-likeness (QED) is 0.870. The number of halogens is 2. The van der Waals surface area contributed by atoms with Crippen LogP contribution in [-0.2, 0) is 15.9 Å². The Kier molecular flexibility index (Phi) is 4.46. The molecular weight excluding hydrogens is 280 g/mol. The maximum Gasteiger partial charge on any atom is 0.407 e. The maximum absolute atomic E-state index is 13.2. The minimum absolute atomic E-state index is 0.205. The van der Waals surface area contributed by atoms with Crippen LogP contribution in [-0.4, -0.2) is 30.4 Å². The number of hydrogen-bond acceptors (Lipinski definition) is 3. The van der Waals surface area contributed by atoms with Crippen LogP contribution in [0.4, 0.5) is 13.6 Å². The molecular formula is C15H19F2NO3. The molecule has 1 aromatic rings. The Hall–Kier alpha value is -1.69. The van der Waals surface area contributed by atoms with Crippen LogP contribution in [0.15, 0.2) is 18.2 Å². The summed E-state index contributed by atoms with van der Waals surface area (Å²) in [5, 5.41) is 2.68. The molecule has 0 bridgehead atoms. The third-order valence-corrected chi connectivity index (χ3v) is 2.87. The van der Waals surface area contributed by atoms with E-state index < -0.39 is 29.4 Å².